The number of nitro groups is 1. The van der Waals surface area contributed by atoms with E-state index in [1.165, 1.54) is 19.1 Å². The second kappa shape index (κ2) is 7.28. The minimum atomic E-state index is -1.04. The van der Waals surface area contributed by atoms with Gasteiger partial charge in [-0.2, -0.15) is 0 Å². The molecule has 0 saturated carbocycles. The van der Waals surface area contributed by atoms with Gasteiger partial charge in [0.25, 0.3) is 5.69 Å². The highest BCUT2D eigenvalue weighted by Crippen LogP contribution is 2.26. The van der Waals surface area contributed by atoms with Crippen LogP contribution in [0.5, 0.6) is 0 Å². The molecular formula is C19H17N3O5. The van der Waals surface area contributed by atoms with Gasteiger partial charge < -0.3 is 15.0 Å². The third kappa shape index (κ3) is 3.50. The lowest BCUT2D eigenvalue weighted by atomic mass is 10.1. The van der Waals surface area contributed by atoms with E-state index in [1.807, 2.05) is 18.2 Å². The maximum atomic E-state index is 12.6. The Labute approximate surface area is 154 Å². The summed E-state index contributed by atoms with van der Waals surface area (Å²) in [7, 11) is 1.54. The number of rotatable bonds is 6. The summed E-state index contributed by atoms with van der Waals surface area (Å²) >= 11 is 0. The van der Waals surface area contributed by atoms with Gasteiger partial charge in [-0.25, -0.2) is 4.79 Å². The number of hydrogen-bond acceptors (Lipinski definition) is 6. The summed E-state index contributed by atoms with van der Waals surface area (Å²) in [5.41, 5.74) is 1.25. The molecule has 0 amide bonds. The van der Waals surface area contributed by atoms with Gasteiger partial charge in [0.2, 0.25) is 5.78 Å². The number of nitro benzene ring substituents is 1. The highest BCUT2D eigenvalue weighted by molar-refractivity contribution is 6.10. The number of nitrogens with one attached hydrogen (secondary N) is 2. The van der Waals surface area contributed by atoms with Crippen molar-refractivity contribution in [2.45, 2.75) is 13.0 Å². The number of anilines is 1. The van der Waals surface area contributed by atoms with E-state index >= 15 is 0 Å². The lowest BCUT2D eigenvalue weighted by Crippen LogP contribution is -2.24. The van der Waals surface area contributed by atoms with Crippen LogP contribution in [0.3, 0.4) is 0 Å². The Balaban J connectivity index is 1.80. The number of fused-ring (bicyclic) bond motifs is 1. The first kappa shape index (κ1) is 18.1. The molecule has 0 aliphatic rings. The molecule has 1 unspecified atom stereocenters. The number of aromatic amines is 1. The Morgan fingerprint density at radius 1 is 1.22 bits per heavy atom. The Bertz CT molecular complexity index is 1040. The summed E-state index contributed by atoms with van der Waals surface area (Å²) in [6, 6.07) is 11.2. The zero-order valence-corrected chi connectivity index (χ0v) is 14.7. The molecule has 0 bridgehead atoms. The summed E-state index contributed by atoms with van der Waals surface area (Å²) in [6.07, 6.45) is 0.531. The molecule has 0 radical (unpaired) electrons. The van der Waals surface area contributed by atoms with E-state index < -0.39 is 17.0 Å². The van der Waals surface area contributed by atoms with Gasteiger partial charge in [-0.1, -0.05) is 18.2 Å². The molecule has 2 aromatic carbocycles. The maximum absolute atomic E-state index is 12.6. The zero-order chi connectivity index (χ0) is 19.6. The number of ketones is 1. The molecule has 3 aromatic rings. The van der Waals surface area contributed by atoms with E-state index in [0.717, 1.165) is 17.0 Å². The Hall–Kier alpha value is -3.68. The van der Waals surface area contributed by atoms with E-state index in [4.69, 9.17) is 4.74 Å². The minimum Gasteiger partial charge on any atom is -0.451 e. The predicted octanol–water partition coefficient (Wildman–Crippen LogP) is 3.55. The number of Topliss-reactive ketones (excluding diaryl/α,β-unsaturated/α-hetero) is 1. The molecule has 138 valence electrons. The fraction of sp³-hybridized carbons (Fsp3) is 0.158. The van der Waals surface area contributed by atoms with Crippen molar-refractivity contribution < 1.29 is 19.2 Å². The van der Waals surface area contributed by atoms with Gasteiger partial charge in [-0.15, -0.1) is 0 Å². The van der Waals surface area contributed by atoms with Crippen molar-refractivity contribution >= 4 is 34.0 Å². The molecule has 1 heterocycles. The molecule has 0 fully saturated rings. The summed E-state index contributed by atoms with van der Waals surface area (Å²) < 4.78 is 5.23. The van der Waals surface area contributed by atoms with Gasteiger partial charge in [-0.05, 0) is 25.1 Å². The highest BCUT2D eigenvalue weighted by atomic mass is 16.6. The standard InChI is InChI=1S/C19H17N3O5/c1-11(18(23)14-10-21-15-6-4-3-5-13(14)15)27-19(24)12-7-8-16(20-2)17(9-12)22(25)26/h3-11,20-21H,1-2H3. The second-order valence-corrected chi connectivity index (χ2v) is 5.90. The first-order valence-electron chi connectivity index (χ1n) is 8.20. The minimum absolute atomic E-state index is 0.000670. The molecule has 1 atom stereocenters. The maximum Gasteiger partial charge on any atom is 0.339 e. The van der Waals surface area contributed by atoms with Crippen LogP contribution in [0.1, 0.15) is 27.6 Å². The smallest absolute Gasteiger partial charge is 0.339 e. The lowest BCUT2D eigenvalue weighted by molar-refractivity contribution is -0.384. The number of benzene rings is 2. The number of ether oxygens (including phenoxy) is 1. The van der Waals surface area contributed by atoms with Crippen LogP contribution in [-0.4, -0.2) is 34.8 Å². The molecule has 27 heavy (non-hydrogen) atoms. The number of esters is 1. The van der Waals surface area contributed by atoms with E-state index in [2.05, 4.69) is 10.3 Å². The van der Waals surface area contributed by atoms with Gasteiger partial charge in [-0.3, -0.25) is 14.9 Å². The highest BCUT2D eigenvalue weighted by Gasteiger charge is 2.24. The van der Waals surface area contributed by atoms with Crippen LogP contribution in [0.25, 0.3) is 10.9 Å². The number of H-pyrrole nitrogens is 1. The van der Waals surface area contributed by atoms with Crippen molar-refractivity contribution in [3.63, 3.8) is 0 Å². The van der Waals surface area contributed by atoms with E-state index in [1.54, 1.807) is 19.3 Å². The van der Waals surface area contributed by atoms with Crippen molar-refractivity contribution in [3.8, 4) is 0 Å². The fourth-order valence-corrected chi connectivity index (χ4v) is 2.80. The Kier molecular flexibility index (Phi) is 4.89. The van der Waals surface area contributed by atoms with Crippen LogP contribution in [-0.2, 0) is 4.74 Å². The molecule has 8 nitrogen and oxygen atoms in total. The predicted molar refractivity (Wildman–Crippen MR) is 100 cm³/mol. The topological polar surface area (TPSA) is 114 Å². The van der Waals surface area contributed by atoms with Crippen LogP contribution < -0.4 is 5.32 Å². The van der Waals surface area contributed by atoms with Crippen LogP contribution in [0.15, 0.2) is 48.7 Å². The monoisotopic (exact) mass is 367 g/mol. The number of carbonyl (C=O) groups is 2. The zero-order valence-electron chi connectivity index (χ0n) is 14.7. The first-order valence-corrected chi connectivity index (χ1v) is 8.20. The number of para-hydroxylation sites is 1. The quantitative estimate of drug-likeness (QED) is 0.298. The van der Waals surface area contributed by atoms with Crippen molar-refractivity contribution in [3.05, 3.63) is 69.9 Å². The average molecular weight is 367 g/mol. The lowest BCUT2D eigenvalue weighted by Gasteiger charge is -2.12. The van der Waals surface area contributed by atoms with E-state index in [0.29, 0.717) is 5.56 Å². The van der Waals surface area contributed by atoms with E-state index in [-0.39, 0.29) is 22.7 Å². The average Bonchev–Trinajstić information content (AvgIpc) is 3.10. The first-order chi connectivity index (χ1) is 12.9. The van der Waals surface area contributed by atoms with Crippen LogP contribution in [0.4, 0.5) is 11.4 Å². The molecule has 0 aliphatic heterocycles. The van der Waals surface area contributed by atoms with Gasteiger partial charge in [0.15, 0.2) is 6.10 Å². The molecule has 0 aliphatic carbocycles. The summed E-state index contributed by atoms with van der Waals surface area (Å²) in [5.74, 6) is -1.16. The molecular weight excluding hydrogens is 350 g/mol. The van der Waals surface area contributed by atoms with Crippen LogP contribution in [0.2, 0.25) is 0 Å². The van der Waals surface area contributed by atoms with E-state index in [9.17, 15) is 19.7 Å². The number of nitrogens with zero attached hydrogens (tertiary/aromatic N) is 1. The SMILES string of the molecule is CNc1ccc(C(=O)OC(C)C(=O)c2c[nH]c3ccccc23)cc1[N+](=O)[O-]. The Morgan fingerprint density at radius 2 is 1.96 bits per heavy atom. The largest absolute Gasteiger partial charge is 0.451 e. The van der Waals surface area contributed by atoms with Crippen molar-refractivity contribution in [1.29, 1.82) is 0 Å². The van der Waals surface area contributed by atoms with Gasteiger partial charge in [0.05, 0.1) is 10.5 Å². The third-order valence-electron chi connectivity index (χ3n) is 4.21. The summed E-state index contributed by atoms with van der Waals surface area (Å²) in [5, 5.41) is 14.5. The Morgan fingerprint density at radius 3 is 2.67 bits per heavy atom. The van der Waals surface area contributed by atoms with Crippen molar-refractivity contribution in [2.75, 3.05) is 12.4 Å². The number of carbonyl (C=O) groups excluding carboxylic acids is 2. The van der Waals surface area contributed by atoms with Crippen molar-refractivity contribution in [2.24, 2.45) is 0 Å². The van der Waals surface area contributed by atoms with Gasteiger partial charge in [0.1, 0.15) is 5.69 Å². The molecule has 0 saturated heterocycles. The summed E-state index contributed by atoms with van der Waals surface area (Å²) in [6.45, 7) is 1.47. The number of aromatic nitrogens is 1. The molecule has 1 aromatic heterocycles. The van der Waals surface area contributed by atoms with Gasteiger partial charge in [0, 0.05) is 35.8 Å². The second-order valence-electron chi connectivity index (χ2n) is 5.90. The normalized spacial score (nSPS) is 11.8. The number of hydrogen-bond donors (Lipinski definition) is 2. The van der Waals surface area contributed by atoms with Crippen LogP contribution in [0, 0.1) is 10.1 Å². The summed E-state index contributed by atoms with van der Waals surface area (Å²) in [4.78, 5) is 38.5. The molecule has 2 N–H and O–H groups in total. The van der Waals surface area contributed by atoms with Gasteiger partial charge >= 0.3 is 5.97 Å². The third-order valence-corrected chi connectivity index (χ3v) is 4.21. The fourth-order valence-electron chi connectivity index (χ4n) is 2.80. The van der Waals surface area contributed by atoms with Crippen LogP contribution >= 0.6 is 0 Å². The van der Waals surface area contributed by atoms with Crippen molar-refractivity contribution in [1.82, 2.24) is 4.98 Å². The molecule has 3 rings (SSSR count). The molecule has 8 heteroatoms. The molecule has 0 spiro atoms.